The predicted molar refractivity (Wildman–Crippen MR) is 78.2 cm³/mol. The summed E-state index contributed by atoms with van der Waals surface area (Å²) < 4.78 is 118. The second-order valence-electron chi connectivity index (χ2n) is 5.70. The van der Waals surface area contributed by atoms with Crippen molar-refractivity contribution in [3.63, 3.8) is 0 Å². The number of halogens is 6. The van der Waals surface area contributed by atoms with Crippen LogP contribution in [0.5, 0.6) is 0 Å². The summed E-state index contributed by atoms with van der Waals surface area (Å²) in [6, 6.07) is 0. The van der Waals surface area contributed by atoms with Crippen LogP contribution in [0.4, 0.5) is 26.3 Å². The number of carbonyl (C=O) groups excluding carboxylic acids is 2. The third-order valence-electron chi connectivity index (χ3n) is 2.87. The van der Waals surface area contributed by atoms with Crippen molar-refractivity contribution in [1.82, 2.24) is 5.32 Å². The Bertz CT molecular complexity index is 707. The molecule has 0 saturated carbocycles. The molecule has 0 heterocycles. The van der Waals surface area contributed by atoms with Crippen molar-refractivity contribution in [3.05, 3.63) is 12.4 Å². The van der Waals surface area contributed by atoms with E-state index in [-0.39, 0.29) is 0 Å². The fourth-order valence-corrected chi connectivity index (χ4v) is 1.78. The van der Waals surface area contributed by atoms with E-state index in [0.29, 0.717) is 0 Å². The first-order valence-corrected chi connectivity index (χ1v) is 8.68. The average Bonchev–Trinajstić information content (AvgIpc) is 2.48. The Hall–Kier alpha value is -1.87. The highest BCUT2D eigenvalue weighted by molar-refractivity contribution is 7.86. The number of carbonyl (C=O) groups is 2. The summed E-state index contributed by atoms with van der Waals surface area (Å²) >= 11 is 0. The molecule has 0 radical (unpaired) electrons. The molecule has 8 nitrogen and oxygen atoms in total. The Morgan fingerprint density at radius 1 is 1.18 bits per heavy atom. The number of rotatable bonds is 10. The molecule has 0 aliphatic carbocycles. The molecule has 1 amide bonds. The van der Waals surface area contributed by atoms with Gasteiger partial charge in [-0.05, 0) is 5.92 Å². The zero-order chi connectivity index (χ0) is 22.6. The second kappa shape index (κ2) is 9.09. The summed E-state index contributed by atoms with van der Waals surface area (Å²) in [5.41, 5.74) is 0. The number of hydrogen-bond acceptors (Lipinski definition) is 7. The number of amides is 1. The molecule has 164 valence electrons. The molecule has 1 unspecified atom stereocenters. The van der Waals surface area contributed by atoms with Crippen molar-refractivity contribution in [2.75, 3.05) is 13.2 Å². The van der Waals surface area contributed by atoms with E-state index in [1.165, 1.54) is 13.8 Å². The van der Waals surface area contributed by atoms with E-state index in [1.807, 2.05) is 0 Å². The monoisotopic (exact) mass is 444 g/mol. The summed E-state index contributed by atoms with van der Waals surface area (Å²) in [7, 11) is -6.26. The highest BCUT2D eigenvalue weighted by atomic mass is 32.2. The fourth-order valence-electron chi connectivity index (χ4n) is 1.45. The van der Waals surface area contributed by atoms with Crippen LogP contribution < -0.4 is 5.32 Å². The van der Waals surface area contributed by atoms with Gasteiger partial charge in [0.1, 0.15) is 0 Å². The van der Waals surface area contributed by atoms with Gasteiger partial charge in [0.15, 0.2) is 10.1 Å². The molecule has 1 N–H and O–H groups in total. The predicted octanol–water partition coefficient (Wildman–Crippen LogP) is 1.59. The Morgan fingerprint density at radius 2 is 1.68 bits per heavy atom. The highest BCUT2D eigenvalue weighted by Gasteiger charge is 2.66. The number of hydrogen-bond donors (Lipinski definition) is 1. The molecular formula is C13H16F6NO7S-. The van der Waals surface area contributed by atoms with E-state index in [9.17, 15) is 48.9 Å². The minimum Gasteiger partial charge on any atom is -0.743 e. The lowest BCUT2D eigenvalue weighted by molar-refractivity contribution is -0.348. The maximum absolute atomic E-state index is 13.4. The van der Waals surface area contributed by atoms with Crippen LogP contribution in [0.15, 0.2) is 12.4 Å². The molecule has 0 saturated heterocycles. The van der Waals surface area contributed by atoms with E-state index < -0.39 is 70.5 Å². The standard InChI is InChI=1S/C13H17F6NO7S/c1-7(2)6-20-10(22)12(13(17,18)19,27-9(21)8(3)14)26-5-4-11(15,16)28(23,24)25/h7H,3-6H2,1-2H3,(H,20,22)(H,23,24,25)/p-1. The van der Waals surface area contributed by atoms with Gasteiger partial charge in [0.2, 0.25) is 5.83 Å². The lowest BCUT2D eigenvalue weighted by atomic mass is 10.2. The molecule has 0 fully saturated rings. The van der Waals surface area contributed by atoms with Gasteiger partial charge in [-0.1, -0.05) is 20.4 Å². The molecule has 1 atom stereocenters. The Labute approximate surface area is 155 Å². The molecule has 28 heavy (non-hydrogen) atoms. The van der Waals surface area contributed by atoms with E-state index >= 15 is 0 Å². The van der Waals surface area contributed by atoms with E-state index in [1.54, 1.807) is 5.32 Å². The zero-order valence-corrected chi connectivity index (χ0v) is 15.3. The van der Waals surface area contributed by atoms with Gasteiger partial charge >= 0.3 is 29.1 Å². The van der Waals surface area contributed by atoms with Crippen LogP contribution in [-0.2, 0) is 29.2 Å². The van der Waals surface area contributed by atoms with Crippen LogP contribution in [-0.4, -0.2) is 55.2 Å². The van der Waals surface area contributed by atoms with Crippen molar-refractivity contribution in [2.24, 2.45) is 5.92 Å². The number of alkyl halides is 5. The van der Waals surface area contributed by atoms with Crippen LogP contribution >= 0.6 is 0 Å². The van der Waals surface area contributed by atoms with Gasteiger partial charge in [0.25, 0.3) is 0 Å². The van der Waals surface area contributed by atoms with Crippen LogP contribution in [0.3, 0.4) is 0 Å². The summed E-state index contributed by atoms with van der Waals surface area (Å²) in [5.74, 6) is -11.7. The third-order valence-corrected chi connectivity index (χ3v) is 3.80. The molecule has 0 bridgehead atoms. The lowest BCUT2D eigenvalue weighted by Gasteiger charge is -2.33. The van der Waals surface area contributed by atoms with Crippen LogP contribution in [0, 0.1) is 5.92 Å². The number of esters is 1. The van der Waals surface area contributed by atoms with E-state index in [0.717, 1.165) is 0 Å². The van der Waals surface area contributed by atoms with E-state index in [4.69, 9.17) is 0 Å². The lowest BCUT2D eigenvalue weighted by Crippen LogP contribution is -2.62. The van der Waals surface area contributed by atoms with Crippen molar-refractivity contribution >= 4 is 22.0 Å². The molecule has 0 aromatic rings. The van der Waals surface area contributed by atoms with Crippen molar-refractivity contribution in [1.29, 1.82) is 0 Å². The van der Waals surface area contributed by atoms with Gasteiger partial charge in [-0.15, -0.1) is 0 Å². The van der Waals surface area contributed by atoms with Gasteiger partial charge in [-0.2, -0.15) is 26.3 Å². The Kier molecular flexibility index (Phi) is 8.48. The smallest absolute Gasteiger partial charge is 0.466 e. The molecular weight excluding hydrogens is 428 g/mol. The molecule has 0 spiro atoms. The molecule has 0 aliphatic rings. The quantitative estimate of drug-likeness (QED) is 0.179. The number of ether oxygens (including phenoxy) is 2. The second-order valence-corrected chi connectivity index (χ2v) is 7.21. The van der Waals surface area contributed by atoms with E-state index in [2.05, 4.69) is 16.1 Å². The Balaban J connectivity index is 5.88. The van der Waals surface area contributed by atoms with Gasteiger partial charge in [-0.3, -0.25) is 4.79 Å². The maximum atomic E-state index is 13.4. The summed E-state index contributed by atoms with van der Waals surface area (Å²) in [4.78, 5) is 23.2. The SMILES string of the molecule is C=C(F)C(=O)OC(OCCC(F)(F)S(=O)(=O)[O-])(C(=O)NCC(C)C)C(F)(F)F. The van der Waals surface area contributed by atoms with Crippen molar-refractivity contribution < 1.29 is 58.4 Å². The fraction of sp³-hybridized carbons (Fsp3) is 0.692. The average molecular weight is 444 g/mol. The molecule has 0 aliphatic heterocycles. The minimum atomic E-state index is -6.26. The summed E-state index contributed by atoms with van der Waals surface area (Å²) in [6.45, 7) is 3.00. The largest absolute Gasteiger partial charge is 0.743 e. The first-order chi connectivity index (χ1) is 12.4. The van der Waals surface area contributed by atoms with Gasteiger partial charge in [0, 0.05) is 13.0 Å². The third kappa shape index (κ3) is 6.63. The van der Waals surface area contributed by atoms with Gasteiger partial charge in [0.05, 0.1) is 6.61 Å². The summed E-state index contributed by atoms with van der Waals surface area (Å²) in [5, 5.41) is -3.38. The maximum Gasteiger partial charge on any atom is 0.466 e. The zero-order valence-electron chi connectivity index (χ0n) is 14.4. The first-order valence-electron chi connectivity index (χ1n) is 7.27. The topological polar surface area (TPSA) is 122 Å². The first kappa shape index (κ1) is 26.1. The van der Waals surface area contributed by atoms with Crippen LogP contribution in [0.25, 0.3) is 0 Å². The van der Waals surface area contributed by atoms with Crippen molar-refractivity contribution in [3.8, 4) is 0 Å². The molecule has 15 heteroatoms. The molecule has 0 aromatic carbocycles. The normalized spacial score (nSPS) is 15.1. The number of nitrogens with one attached hydrogen (secondary N) is 1. The highest BCUT2D eigenvalue weighted by Crippen LogP contribution is 2.37. The van der Waals surface area contributed by atoms with Gasteiger partial charge in [-0.25, -0.2) is 13.2 Å². The molecule has 0 rings (SSSR count). The van der Waals surface area contributed by atoms with Gasteiger partial charge < -0.3 is 19.3 Å². The Morgan fingerprint density at radius 3 is 2.04 bits per heavy atom. The van der Waals surface area contributed by atoms with Crippen LogP contribution in [0.1, 0.15) is 20.3 Å². The summed E-state index contributed by atoms with van der Waals surface area (Å²) in [6.07, 6.45) is -8.02. The van der Waals surface area contributed by atoms with Crippen molar-refractivity contribution in [2.45, 2.75) is 37.5 Å². The van der Waals surface area contributed by atoms with Crippen LogP contribution in [0.2, 0.25) is 0 Å². The molecule has 0 aromatic heterocycles. The minimum absolute atomic E-state index is 0.417.